The van der Waals surface area contributed by atoms with E-state index in [1.54, 1.807) is 18.4 Å². The van der Waals surface area contributed by atoms with Gasteiger partial charge in [0.05, 0.1) is 18.6 Å². The van der Waals surface area contributed by atoms with Gasteiger partial charge in [0.1, 0.15) is 17.7 Å². The second kappa shape index (κ2) is 6.42. The Morgan fingerprint density at radius 1 is 1.38 bits per heavy atom. The number of nitrogens with one attached hydrogen (secondary N) is 1. The lowest BCUT2D eigenvalue weighted by Crippen LogP contribution is -2.31. The van der Waals surface area contributed by atoms with Crippen molar-refractivity contribution in [2.45, 2.75) is 51.7 Å². The summed E-state index contributed by atoms with van der Waals surface area (Å²) in [6, 6.07) is 0. The average Bonchev–Trinajstić information content (AvgIpc) is 3.09. The molecule has 1 amide bonds. The lowest BCUT2D eigenvalue weighted by molar-refractivity contribution is -0.118. The molecular weight excluding hydrogens is 314 g/mol. The van der Waals surface area contributed by atoms with E-state index in [9.17, 15) is 15.0 Å². The maximum atomic E-state index is 11.8. The third-order valence-corrected chi connectivity index (χ3v) is 4.09. The van der Waals surface area contributed by atoms with Crippen molar-refractivity contribution in [2.75, 3.05) is 5.32 Å². The number of fused-ring (bicyclic) bond motifs is 1. The lowest BCUT2D eigenvalue weighted by Gasteiger charge is -2.16. The molecule has 0 saturated carbocycles. The number of aromatic nitrogens is 4. The van der Waals surface area contributed by atoms with Crippen LogP contribution in [-0.4, -0.2) is 54.0 Å². The number of hydrogen-bond donors (Lipinski definition) is 3. The van der Waals surface area contributed by atoms with Crippen LogP contribution in [-0.2, 0) is 9.53 Å². The van der Waals surface area contributed by atoms with Gasteiger partial charge in [-0.1, -0.05) is 20.8 Å². The van der Waals surface area contributed by atoms with Crippen LogP contribution in [0.4, 0.5) is 5.95 Å². The molecule has 24 heavy (non-hydrogen) atoms. The number of hydrogen-bond acceptors (Lipinski definition) is 7. The Morgan fingerprint density at radius 2 is 2.12 bits per heavy atom. The van der Waals surface area contributed by atoms with E-state index < -0.39 is 24.5 Å². The van der Waals surface area contributed by atoms with Gasteiger partial charge in [-0.3, -0.25) is 14.7 Å². The van der Waals surface area contributed by atoms with Crippen molar-refractivity contribution in [1.29, 1.82) is 0 Å². The van der Waals surface area contributed by atoms with E-state index in [1.165, 1.54) is 12.5 Å². The molecule has 0 radical (unpaired) electrons. The Morgan fingerprint density at radius 3 is 2.75 bits per heavy atom. The molecule has 0 bridgehead atoms. The summed E-state index contributed by atoms with van der Waals surface area (Å²) in [6.45, 7) is 5.41. The van der Waals surface area contributed by atoms with Crippen molar-refractivity contribution in [1.82, 2.24) is 19.5 Å². The first kappa shape index (κ1) is 16.7. The molecule has 4 atom stereocenters. The Balaban J connectivity index is 1.93. The number of aliphatic hydroxyl groups is 2. The number of aliphatic hydroxyl groups excluding tert-OH is 2. The fraction of sp³-hybridized carbons (Fsp3) is 0.600. The summed E-state index contributed by atoms with van der Waals surface area (Å²) in [6.07, 6.45) is 0.236. The summed E-state index contributed by atoms with van der Waals surface area (Å²) in [5, 5.41) is 22.9. The number of carbonyl (C=O) groups is 1. The van der Waals surface area contributed by atoms with Gasteiger partial charge in [-0.25, -0.2) is 9.97 Å². The molecule has 9 heteroatoms. The molecule has 1 saturated heterocycles. The largest absolute Gasteiger partial charge is 0.388 e. The van der Waals surface area contributed by atoms with Crippen molar-refractivity contribution in [3.05, 3.63) is 12.5 Å². The molecule has 2 aromatic heterocycles. The summed E-state index contributed by atoms with van der Waals surface area (Å²) in [5.74, 6) is -0.239. The highest BCUT2D eigenvalue weighted by Crippen LogP contribution is 2.32. The predicted molar refractivity (Wildman–Crippen MR) is 85.0 cm³/mol. The van der Waals surface area contributed by atoms with Crippen molar-refractivity contribution >= 4 is 23.0 Å². The van der Waals surface area contributed by atoms with Crippen LogP contribution in [0, 0.1) is 5.92 Å². The quantitative estimate of drug-likeness (QED) is 0.741. The van der Waals surface area contributed by atoms with Crippen LogP contribution in [0.25, 0.3) is 11.2 Å². The molecule has 9 nitrogen and oxygen atoms in total. The van der Waals surface area contributed by atoms with E-state index in [4.69, 9.17) is 4.74 Å². The van der Waals surface area contributed by atoms with E-state index in [-0.39, 0.29) is 17.8 Å². The number of rotatable bonds is 4. The van der Waals surface area contributed by atoms with Gasteiger partial charge in [-0.2, -0.15) is 4.98 Å². The molecule has 0 spiro atoms. The zero-order valence-corrected chi connectivity index (χ0v) is 13.7. The normalized spacial score (nSPS) is 27.1. The van der Waals surface area contributed by atoms with Gasteiger partial charge in [-0.15, -0.1) is 0 Å². The van der Waals surface area contributed by atoms with Crippen molar-refractivity contribution in [2.24, 2.45) is 5.92 Å². The fourth-order valence-electron chi connectivity index (χ4n) is 2.62. The van der Waals surface area contributed by atoms with Gasteiger partial charge < -0.3 is 14.9 Å². The van der Waals surface area contributed by atoms with E-state index in [0.717, 1.165) is 0 Å². The van der Waals surface area contributed by atoms with Crippen LogP contribution in [0.2, 0.25) is 0 Å². The zero-order valence-electron chi connectivity index (χ0n) is 13.7. The minimum atomic E-state index is -1.09. The van der Waals surface area contributed by atoms with Gasteiger partial charge in [0.25, 0.3) is 0 Å². The summed E-state index contributed by atoms with van der Waals surface area (Å²) in [5.41, 5.74) is 0.917. The minimum absolute atomic E-state index is 0.156. The molecule has 130 valence electrons. The van der Waals surface area contributed by atoms with Crippen LogP contribution in [0.15, 0.2) is 12.5 Å². The number of ether oxygens (including phenoxy) is 1. The maximum absolute atomic E-state index is 11.8. The highest BCUT2D eigenvalue weighted by atomic mass is 16.6. The molecular formula is C15H21N5O4. The number of amides is 1. The van der Waals surface area contributed by atoms with Crippen LogP contribution in [0.1, 0.15) is 33.4 Å². The number of anilines is 1. The Hall–Kier alpha value is -2.10. The summed E-state index contributed by atoms with van der Waals surface area (Å²) in [4.78, 5) is 24.3. The second-order valence-electron chi connectivity index (χ2n) is 6.15. The molecule has 1 aliphatic rings. The van der Waals surface area contributed by atoms with E-state index in [2.05, 4.69) is 20.3 Å². The van der Waals surface area contributed by atoms with Gasteiger partial charge >= 0.3 is 0 Å². The molecule has 3 N–H and O–H groups in total. The van der Waals surface area contributed by atoms with Crippen LogP contribution >= 0.6 is 0 Å². The minimum Gasteiger partial charge on any atom is -0.388 e. The third kappa shape index (κ3) is 2.85. The van der Waals surface area contributed by atoms with Crippen molar-refractivity contribution < 1.29 is 19.7 Å². The molecule has 0 aliphatic carbocycles. The Kier molecular flexibility index (Phi) is 4.48. The lowest BCUT2D eigenvalue weighted by atomic mass is 10.1. The van der Waals surface area contributed by atoms with Crippen molar-refractivity contribution in [3.8, 4) is 0 Å². The van der Waals surface area contributed by atoms with Crippen LogP contribution < -0.4 is 5.32 Å². The standard InChI is InChI=1S/C15H21N5O4/c1-4-9-10(21)11(22)14(24-9)20-6-17-8-5-16-15(18-12(8)20)19-13(23)7(2)3/h5-7,9-11,14,21-22H,4H2,1-3H3,(H,16,18,19,23)/t9-,10?,11+,14-/m1/s1. The van der Waals surface area contributed by atoms with Gasteiger partial charge in [0, 0.05) is 5.92 Å². The average molecular weight is 335 g/mol. The monoisotopic (exact) mass is 335 g/mol. The Labute approximate surface area is 138 Å². The number of carbonyl (C=O) groups excluding carboxylic acids is 1. The van der Waals surface area contributed by atoms with Crippen LogP contribution in [0.5, 0.6) is 0 Å². The number of imidazole rings is 1. The van der Waals surface area contributed by atoms with Gasteiger partial charge in [0.15, 0.2) is 11.9 Å². The highest BCUT2D eigenvalue weighted by molar-refractivity contribution is 5.91. The second-order valence-corrected chi connectivity index (χ2v) is 6.15. The van der Waals surface area contributed by atoms with Gasteiger partial charge in [-0.05, 0) is 6.42 Å². The zero-order chi connectivity index (χ0) is 17.4. The summed E-state index contributed by atoms with van der Waals surface area (Å²) < 4.78 is 7.27. The van der Waals surface area contributed by atoms with E-state index in [0.29, 0.717) is 17.6 Å². The highest BCUT2D eigenvalue weighted by Gasteiger charge is 2.43. The molecule has 2 aromatic rings. The molecule has 1 aliphatic heterocycles. The molecule has 3 rings (SSSR count). The molecule has 1 unspecified atom stereocenters. The predicted octanol–water partition coefficient (Wildman–Crippen LogP) is 0.450. The molecule has 0 aromatic carbocycles. The smallest absolute Gasteiger partial charge is 0.231 e. The number of nitrogens with zero attached hydrogens (tertiary/aromatic N) is 4. The topological polar surface area (TPSA) is 122 Å². The van der Waals surface area contributed by atoms with E-state index in [1.807, 2.05) is 6.92 Å². The molecule has 3 heterocycles. The first-order chi connectivity index (χ1) is 11.4. The SMILES string of the molecule is CC[C@H]1O[C@@H](n2cnc3cnc(NC(=O)C(C)C)nc32)[C@@H](O)C1O. The van der Waals surface area contributed by atoms with Gasteiger partial charge in [0.2, 0.25) is 11.9 Å². The van der Waals surface area contributed by atoms with Crippen LogP contribution in [0.3, 0.4) is 0 Å². The van der Waals surface area contributed by atoms with Crippen molar-refractivity contribution in [3.63, 3.8) is 0 Å². The fourth-order valence-corrected chi connectivity index (χ4v) is 2.62. The first-order valence-corrected chi connectivity index (χ1v) is 7.94. The summed E-state index contributed by atoms with van der Waals surface area (Å²) in [7, 11) is 0. The first-order valence-electron chi connectivity index (χ1n) is 7.94. The Bertz CT molecular complexity index is 747. The maximum Gasteiger partial charge on any atom is 0.231 e. The molecule has 1 fully saturated rings. The third-order valence-electron chi connectivity index (χ3n) is 4.09. The van der Waals surface area contributed by atoms with E-state index >= 15 is 0 Å². The summed E-state index contributed by atoms with van der Waals surface area (Å²) >= 11 is 0.